The van der Waals surface area contributed by atoms with Crippen LogP contribution in [0.4, 0.5) is 0 Å². The molecule has 116 valence electrons. The first-order chi connectivity index (χ1) is 10.2. The van der Waals surface area contributed by atoms with Crippen molar-refractivity contribution in [2.45, 2.75) is 26.1 Å². The van der Waals surface area contributed by atoms with E-state index in [0.29, 0.717) is 25.4 Å². The van der Waals surface area contributed by atoms with Crippen LogP contribution in [0.25, 0.3) is 0 Å². The van der Waals surface area contributed by atoms with Crippen LogP contribution < -0.4 is 14.4 Å². The lowest BCUT2D eigenvalue weighted by Gasteiger charge is -2.32. The van der Waals surface area contributed by atoms with Gasteiger partial charge in [0, 0.05) is 0 Å². The molecular weight excluding hydrogens is 266 g/mol. The minimum Gasteiger partial charge on any atom is -0.486 e. The number of rotatable bonds is 7. The van der Waals surface area contributed by atoms with Crippen LogP contribution in [-0.2, 0) is 4.74 Å². The SMILES string of the molecule is C=CCOc1ccccc1OCC[NH+]1C[C@@H](C)O[C@H](C)C1. The first-order valence-electron chi connectivity index (χ1n) is 7.63. The van der Waals surface area contributed by atoms with Crippen molar-refractivity contribution in [3.63, 3.8) is 0 Å². The lowest BCUT2D eigenvalue weighted by atomic mass is 10.2. The van der Waals surface area contributed by atoms with E-state index in [4.69, 9.17) is 14.2 Å². The fraction of sp³-hybridized carbons (Fsp3) is 0.529. The zero-order valence-electron chi connectivity index (χ0n) is 13.0. The Morgan fingerprint density at radius 1 is 1.19 bits per heavy atom. The van der Waals surface area contributed by atoms with Crippen LogP contribution >= 0.6 is 0 Å². The van der Waals surface area contributed by atoms with Crippen molar-refractivity contribution in [1.82, 2.24) is 0 Å². The summed E-state index contributed by atoms with van der Waals surface area (Å²) in [7, 11) is 0. The van der Waals surface area contributed by atoms with Gasteiger partial charge in [0.25, 0.3) is 0 Å². The third-order valence-electron chi connectivity index (χ3n) is 3.54. The molecule has 1 saturated heterocycles. The smallest absolute Gasteiger partial charge is 0.161 e. The summed E-state index contributed by atoms with van der Waals surface area (Å²) in [5, 5.41) is 0. The molecule has 2 rings (SSSR count). The molecule has 1 aromatic carbocycles. The van der Waals surface area contributed by atoms with E-state index in [0.717, 1.165) is 31.1 Å². The van der Waals surface area contributed by atoms with Crippen molar-refractivity contribution in [2.24, 2.45) is 0 Å². The molecule has 1 aliphatic rings. The van der Waals surface area contributed by atoms with Crippen molar-refractivity contribution in [1.29, 1.82) is 0 Å². The number of ether oxygens (including phenoxy) is 3. The fourth-order valence-corrected chi connectivity index (χ4v) is 2.74. The van der Waals surface area contributed by atoms with Gasteiger partial charge < -0.3 is 19.1 Å². The summed E-state index contributed by atoms with van der Waals surface area (Å²) in [5.41, 5.74) is 0. The molecule has 0 aromatic heterocycles. The minimum atomic E-state index is 0.326. The highest BCUT2D eigenvalue weighted by molar-refractivity contribution is 5.39. The van der Waals surface area contributed by atoms with Gasteiger partial charge in [-0.05, 0) is 26.0 Å². The molecule has 21 heavy (non-hydrogen) atoms. The summed E-state index contributed by atoms with van der Waals surface area (Å²) in [6, 6.07) is 7.77. The summed E-state index contributed by atoms with van der Waals surface area (Å²) in [5.74, 6) is 1.57. The van der Waals surface area contributed by atoms with Gasteiger partial charge in [-0.3, -0.25) is 0 Å². The number of morpholine rings is 1. The molecule has 0 aliphatic carbocycles. The second-order valence-corrected chi connectivity index (χ2v) is 5.56. The summed E-state index contributed by atoms with van der Waals surface area (Å²) >= 11 is 0. The van der Waals surface area contributed by atoms with E-state index in [2.05, 4.69) is 20.4 Å². The second kappa shape index (κ2) is 8.05. The lowest BCUT2D eigenvalue weighted by molar-refractivity contribution is -0.915. The monoisotopic (exact) mass is 292 g/mol. The van der Waals surface area contributed by atoms with Gasteiger partial charge >= 0.3 is 0 Å². The van der Waals surface area contributed by atoms with Crippen molar-refractivity contribution >= 4 is 0 Å². The quantitative estimate of drug-likeness (QED) is 0.769. The van der Waals surface area contributed by atoms with Crippen LogP contribution in [0.2, 0.25) is 0 Å². The topological polar surface area (TPSA) is 32.1 Å². The second-order valence-electron chi connectivity index (χ2n) is 5.56. The summed E-state index contributed by atoms with van der Waals surface area (Å²) in [6.45, 7) is 12.2. The molecule has 0 spiro atoms. The molecule has 4 heteroatoms. The Kier molecular flexibility index (Phi) is 6.08. The number of hydrogen-bond acceptors (Lipinski definition) is 3. The van der Waals surface area contributed by atoms with Gasteiger partial charge in [-0.25, -0.2) is 0 Å². The highest BCUT2D eigenvalue weighted by Crippen LogP contribution is 2.26. The molecular formula is C17H26NO3+. The highest BCUT2D eigenvalue weighted by Gasteiger charge is 2.25. The zero-order chi connectivity index (χ0) is 15.1. The third-order valence-corrected chi connectivity index (χ3v) is 3.54. The van der Waals surface area contributed by atoms with Crippen molar-refractivity contribution in [3.05, 3.63) is 36.9 Å². The number of benzene rings is 1. The van der Waals surface area contributed by atoms with E-state index in [9.17, 15) is 0 Å². The Balaban J connectivity index is 1.81. The van der Waals surface area contributed by atoms with E-state index in [1.165, 1.54) is 4.90 Å². The maximum atomic E-state index is 5.89. The molecule has 1 aliphatic heterocycles. The van der Waals surface area contributed by atoms with Gasteiger partial charge in [-0.2, -0.15) is 0 Å². The Morgan fingerprint density at radius 3 is 2.43 bits per heavy atom. The van der Waals surface area contributed by atoms with Crippen LogP contribution in [0.15, 0.2) is 36.9 Å². The Bertz CT molecular complexity index is 439. The van der Waals surface area contributed by atoms with E-state index in [1.807, 2.05) is 24.3 Å². The van der Waals surface area contributed by atoms with Crippen molar-refractivity contribution in [2.75, 3.05) is 32.8 Å². The highest BCUT2D eigenvalue weighted by atomic mass is 16.5. The predicted molar refractivity (Wildman–Crippen MR) is 83.2 cm³/mol. The van der Waals surface area contributed by atoms with Gasteiger partial charge in [0.15, 0.2) is 11.5 Å². The summed E-state index contributed by atoms with van der Waals surface area (Å²) < 4.78 is 17.2. The maximum absolute atomic E-state index is 5.89. The first kappa shape index (κ1) is 15.9. The third kappa shape index (κ3) is 5.06. The van der Waals surface area contributed by atoms with E-state index < -0.39 is 0 Å². The van der Waals surface area contributed by atoms with E-state index in [1.54, 1.807) is 6.08 Å². The first-order valence-corrected chi connectivity index (χ1v) is 7.63. The standard InChI is InChI=1S/C17H25NO3/c1-4-10-19-16-7-5-6-8-17(16)20-11-9-18-12-14(2)21-15(3)13-18/h4-8,14-15H,1,9-13H2,2-3H3/p+1/t14-,15-/m1/s1. The molecule has 0 unspecified atom stereocenters. The summed E-state index contributed by atoms with van der Waals surface area (Å²) in [4.78, 5) is 1.53. The largest absolute Gasteiger partial charge is 0.486 e. The van der Waals surface area contributed by atoms with Crippen LogP contribution in [0, 0.1) is 0 Å². The molecule has 1 N–H and O–H groups in total. The van der Waals surface area contributed by atoms with E-state index >= 15 is 0 Å². The average Bonchev–Trinajstić information content (AvgIpc) is 2.45. The number of para-hydroxylation sites is 2. The molecule has 0 bridgehead atoms. The van der Waals surface area contributed by atoms with Crippen molar-refractivity contribution in [3.8, 4) is 11.5 Å². The Hall–Kier alpha value is -1.52. The molecule has 0 saturated carbocycles. The van der Waals surface area contributed by atoms with Crippen LogP contribution in [0.1, 0.15) is 13.8 Å². The lowest BCUT2D eigenvalue weighted by Crippen LogP contribution is -3.16. The predicted octanol–water partition coefficient (Wildman–Crippen LogP) is 1.32. The number of hydrogen-bond donors (Lipinski definition) is 1. The molecule has 2 atom stereocenters. The zero-order valence-corrected chi connectivity index (χ0v) is 13.0. The number of nitrogens with one attached hydrogen (secondary N) is 1. The van der Waals surface area contributed by atoms with Gasteiger partial charge in [-0.15, -0.1) is 0 Å². The number of quaternary nitrogens is 1. The Morgan fingerprint density at radius 2 is 1.81 bits per heavy atom. The van der Waals surface area contributed by atoms with E-state index in [-0.39, 0.29) is 0 Å². The maximum Gasteiger partial charge on any atom is 0.161 e. The molecule has 0 amide bonds. The minimum absolute atomic E-state index is 0.326. The molecule has 1 fully saturated rings. The van der Waals surface area contributed by atoms with Crippen LogP contribution in [-0.4, -0.2) is 45.1 Å². The van der Waals surface area contributed by atoms with Crippen LogP contribution in [0.5, 0.6) is 11.5 Å². The van der Waals surface area contributed by atoms with Crippen molar-refractivity contribution < 1.29 is 19.1 Å². The Labute approximate surface area is 127 Å². The molecule has 1 aromatic rings. The fourth-order valence-electron chi connectivity index (χ4n) is 2.74. The van der Waals surface area contributed by atoms with Gasteiger partial charge in [0.2, 0.25) is 0 Å². The van der Waals surface area contributed by atoms with Gasteiger partial charge in [-0.1, -0.05) is 24.8 Å². The summed E-state index contributed by atoms with van der Waals surface area (Å²) in [6.07, 6.45) is 2.39. The van der Waals surface area contributed by atoms with Crippen LogP contribution in [0.3, 0.4) is 0 Å². The normalized spacial score (nSPS) is 25.3. The average molecular weight is 292 g/mol. The molecule has 1 heterocycles. The molecule has 4 nitrogen and oxygen atoms in total. The van der Waals surface area contributed by atoms with Gasteiger partial charge in [0.05, 0.1) is 0 Å². The van der Waals surface area contributed by atoms with Gasteiger partial charge in [0.1, 0.15) is 45.1 Å². The molecule has 0 radical (unpaired) electrons.